The van der Waals surface area contributed by atoms with Gasteiger partial charge in [-0.05, 0) is 36.2 Å². The molecule has 0 aliphatic carbocycles. The first-order chi connectivity index (χ1) is 12.8. The van der Waals surface area contributed by atoms with Crippen molar-refractivity contribution in [3.05, 3.63) is 95.6 Å². The minimum Gasteiger partial charge on any atom is -0.223 e. The van der Waals surface area contributed by atoms with Crippen LogP contribution in [0.3, 0.4) is 0 Å². The Morgan fingerprint density at radius 3 is 1.89 bits per heavy atom. The highest BCUT2D eigenvalue weighted by molar-refractivity contribution is 7.91. The van der Waals surface area contributed by atoms with Gasteiger partial charge in [0.25, 0.3) is 0 Å². The number of rotatable bonds is 6. The third-order valence-electron chi connectivity index (χ3n) is 4.20. The minimum absolute atomic E-state index is 0.0662. The number of benzene rings is 3. The van der Waals surface area contributed by atoms with Gasteiger partial charge in [-0.1, -0.05) is 66.2 Å². The second kappa shape index (κ2) is 7.66. The van der Waals surface area contributed by atoms with E-state index in [1.807, 2.05) is 13.0 Å². The molecule has 6 heteroatoms. The SMILES string of the molecule is Cc1ccc(S(=O)(=O)Cc2ccccc2)c(CS(=O)(=O)c2ccccc2)c1. The zero-order chi connectivity index (χ0) is 19.5. The fourth-order valence-corrected chi connectivity index (χ4v) is 5.98. The summed E-state index contributed by atoms with van der Waals surface area (Å²) in [6.45, 7) is 1.81. The van der Waals surface area contributed by atoms with E-state index in [0.717, 1.165) is 5.56 Å². The Balaban J connectivity index is 2.01. The Labute approximate surface area is 160 Å². The third-order valence-corrected chi connectivity index (χ3v) is 7.66. The van der Waals surface area contributed by atoms with Gasteiger partial charge in [0.1, 0.15) is 0 Å². The Morgan fingerprint density at radius 2 is 1.26 bits per heavy atom. The number of hydrogen-bond donors (Lipinski definition) is 0. The molecule has 4 nitrogen and oxygen atoms in total. The van der Waals surface area contributed by atoms with Crippen molar-refractivity contribution in [2.24, 2.45) is 0 Å². The summed E-state index contributed by atoms with van der Waals surface area (Å²) in [6.07, 6.45) is 0. The molecule has 0 radical (unpaired) electrons. The lowest BCUT2D eigenvalue weighted by molar-refractivity contribution is 0.592. The largest absolute Gasteiger partial charge is 0.223 e. The zero-order valence-electron chi connectivity index (χ0n) is 14.9. The van der Waals surface area contributed by atoms with E-state index in [-0.39, 0.29) is 21.3 Å². The molecule has 0 atom stereocenters. The number of sulfone groups is 2. The van der Waals surface area contributed by atoms with E-state index >= 15 is 0 Å². The van der Waals surface area contributed by atoms with Gasteiger partial charge in [-0.2, -0.15) is 0 Å². The highest BCUT2D eigenvalue weighted by Crippen LogP contribution is 2.26. The van der Waals surface area contributed by atoms with Gasteiger partial charge in [0.05, 0.1) is 21.3 Å². The highest BCUT2D eigenvalue weighted by Gasteiger charge is 2.24. The van der Waals surface area contributed by atoms with Gasteiger partial charge >= 0.3 is 0 Å². The summed E-state index contributed by atoms with van der Waals surface area (Å²) in [6, 6.07) is 21.8. The molecule has 27 heavy (non-hydrogen) atoms. The molecule has 0 aromatic heterocycles. The van der Waals surface area contributed by atoms with E-state index in [1.54, 1.807) is 54.6 Å². The van der Waals surface area contributed by atoms with Crippen LogP contribution >= 0.6 is 0 Å². The average Bonchev–Trinajstić information content (AvgIpc) is 2.62. The second-order valence-electron chi connectivity index (χ2n) is 6.43. The van der Waals surface area contributed by atoms with E-state index in [1.165, 1.54) is 18.2 Å². The fourth-order valence-electron chi connectivity index (χ4n) is 2.91. The molecule has 0 spiro atoms. The standard InChI is InChI=1S/C21H20O4S2/c1-17-12-13-21(27(24,25)15-18-8-4-2-5-9-18)19(14-17)16-26(22,23)20-10-6-3-7-11-20/h2-14H,15-16H2,1H3. The van der Waals surface area contributed by atoms with Gasteiger partial charge in [-0.3, -0.25) is 0 Å². The van der Waals surface area contributed by atoms with Crippen LogP contribution < -0.4 is 0 Å². The van der Waals surface area contributed by atoms with Crippen molar-refractivity contribution in [2.75, 3.05) is 0 Å². The van der Waals surface area contributed by atoms with Gasteiger partial charge in [-0.15, -0.1) is 0 Å². The molecule has 3 aromatic rings. The first kappa shape index (κ1) is 19.3. The molecule has 0 saturated carbocycles. The summed E-state index contributed by atoms with van der Waals surface area (Å²) in [7, 11) is -7.33. The minimum atomic E-state index is -3.68. The lowest BCUT2D eigenvalue weighted by Crippen LogP contribution is -2.12. The monoisotopic (exact) mass is 400 g/mol. The maximum Gasteiger partial charge on any atom is 0.182 e. The fraction of sp³-hybridized carbons (Fsp3) is 0.143. The van der Waals surface area contributed by atoms with Crippen LogP contribution in [0.4, 0.5) is 0 Å². The Kier molecular flexibility index (Phi) is 5.48. The summed E-state index contributed by atoms with van der Waals surface area (Å²) in [5.41, 5.74) is 1.77. The van der Waals surface area contributed by atoms with E-state index in [0.29, 0.717) is 11.1 Å². The van der Waals surface area contributed by atoms with Crippen molar-refractivity contribution in [2.45, 2.75) is 28.2 Å². The predicted octanol–water partition coefficient (Wildman–Crippen LogP) is 3.94. The molecule has 0 N–H and O–H groups in total. The molecule has 3 aromatic carbocycles. The molecule has 0 bridgehead atoms. The predicted molar refractivity (Wildman–Crippen MR) is 106 cm³/mol. The van der Waals surface area contributed by atoms with E-state index in [9.17, 15) is 16.8 Å². The third kappa shape index (κ3) is 4.64. The first-order valence-corrected chi connectivity index (χ1v) is 11.7. The van der Waals surface area contributed by atoms with Crippen LogP contribution in [0.5, 0.6) is 0 Å². The van der Waals surface area contributed by atoms with Crippen molar-refractivity contribution in [3.8, 4) is 0 Å². The van der Waals surface area contributed by atoms with Crippen molar-refractivity contribution < 1.29 is 16.8 Å². The molecule has 3 rings (SSSR count). The number of hydrogen-bond acceptors (Lipinski definition) is 4. The smallest absolute Gasteiger partial charge is 0.182 e. The Hall–Kier alpha value is -2.44. The lowest BCUT2D eigenvalue weighted by Gasteiger charge is -2.12. The van der Waals surface area contributed by atoms with E-state index in [2.05, 4.69) is 0 Å². The number of aryl methyl sites for hydroxylation is 1. The topological polar surface area (TPSA) is 68.3 Å². The molecule has 0 aliphatic rings. The molecule has 0 fully saturated rings. The van der Waals surface area contributed by atoms with Crippen molar-refractivity contribution in [1.82, 2.24) is 0 Å². The molecular weight excluding hydrogens is 380 g/mol. The van der Waals surface area contributed by atoms with E-state index < -0.39 is 19.7 Å². The van der Waals surface area contributed by atoms with Gasteiger partial charge < -0.3 is 0 Å². The molecule has 0 saturated heterocycles. The van der Waals surface area contributed by atoms with Gasteiger partial charge in [-0.25, -0.2) is 16.8 Å². The molecular formula is C21H20O4S2. The Bertz CT molecular complexity index is 1140. The van der Waals surface area contributed by atoms with Crippen molar-refractivity contribution in [3.63, 3.8) is 0 Å². The molecule has 0 aliphatic heterocycles. The second-order valence-corrected chi connectivity index (χ2v) is 10.4. The van der Waals surface area contributed by atoms with Crippen LogP contribution in [0.2, 0.25) is 0 Å². The van der Waals surface area contributed by atoms with Crippen LogP contribution in [-0.2, 0) is 31.2 Å². The summed E-state index contributed by atoms with van der Waals surface area (Å²) in [5, 5.41) is 0. The normalized spacial score (nSPS) is 12.0. The molecule has 0 amide bonds. The van der Waals surface area contributed by atoms with Crippen LogP contribution in [0.15, 0.2) is 88.7 Å². The zero-order valence-corrected chi connectivity index (χ0v) is 16.5. The summed E-state index contributed by atoms with van der Waals surface area (Å²) < 4.78 is 51.4. The van der Waals surface area contributed by atoms with Crippen LogP contribution in [0.25, 0.3) is 0 Å². The van der Waals surface area contributed by atoms with Crippen molar-refractivity contribution in [1.29, 1.82) is 0 Å². The summed E-state index contributed by atoms with van der Waals surface area (Å²) in [4.78, 5) is 0.245. The average molecular weight is 401 g/mol. The Morgan fingerprint density at radius 1 is 0.667 bits per heavy atom. The first-order valence-electron chi connectivity index (χ1n) is 8.42. The van der Waals surface area contributed by atoms with Gasteiger partial charge in [0, 0.05) is 0 Å². The maximum atomic E-state index is 13.0. The summed E-state index contributed by atoms with van der Waals surface area (Å²) in [5.74, 6) is -0.530. The molecule has 0 heterocycles. The van der Waals surface area contributed by atoms with Gasteiger partial charge in [0.2, 0.25) is 0 Å². The quantitative estimate of drug-likeness (QED) is 0.628. The van der Waals surface area contributed by atoms with Crippen LogP contribution in [0, 0.1) is 6.92 Å². The van der Waals surface area contributed by atoms with Crippen molar-refractivity contribution >= 4 is 19.7 Å². The van der Waals surface area contributed by atoms with Crippen LogP contribution in [-0.4, -0.2) is 16.8 Å². The van der Waals surface area contributed by atoms with E-state index in [4.69, 9.17) is 0 Å². The lowest BCUT2D eigenvalue weighted by atomic mass is 10.2. The summed E-state index contributed by atoms with van der Waals surface area (Å²) >= 11 is 0. The molecule has 140 valence electrons. The maximum absolute atomic E-state index is 13.0. The highest BCUT2D eigenvalue weighted by atomic mass is 32.2. The van der Waals surface area contributed by atoms with Crippen LogP contribution in [0.1, 0.15) is 16.7 Å². The van der Waals surface area contributed by atoms with Gasteiger partial charge in [0.15, 0.2) is 19.7 Å². The molecule has 0 unspecified atom stereocenters.